The van der Waals surface area contributed by atoms with Crippen LogP contribution in [0.15, 0.2) is 91.0 Å². The van der Waals surface area contributed by atoms with E-state index in [0.717, 1.165) is 5.56 Å². The van der Waals surface area contributed by atoms with Gasteiger partial charge < -0.3 is 30.0 Å². The van der Waals surface area contributed by atoms with Crippen LogP contribution in [0.3, 0.4) is 0 Å². The van der Waals surface area contributed by atoms with Crippen LogP contribution in [0.5, 0.6) is 17.2 Å². The molecule has 0 saturated heterocycles. The van der Waals surface area contributed by atoms with E-state index in [1.807, 2.05) is 13.8 Å². The van der Waals surface area contributed by atoms with Gasteiger partial charge in [0.2, 0.25) is 11.8 Å². The minimum atomic E-state index is -1.80. The maximum absolute atomic E-state index is 14.2. The highest BCUT2D eigenvalue weighted by Gasteiger charge is 2.56. The van der Waals surface area contributed by atoms with Crippen molar-refractivity contribution in [2.24, 2.45) is 11.8 Å². The number of halogens is 2. The molecule has 4 aromatic carbocycles. The molecular formula is C38H38Cl2N2O7. The summed E-state index contributed by atoms with van der Waals surface area (Å²) in [4.78, 5) is 42.2. The zero-order valence-corrected chi connectivity index (χ0v) is 28.9. The van der Waals surface area contributed by atoms with Gasteiger partial charge in [-0.3, -0.25) is 14.4 Å². The zero-order chi connectivity index (χ0) is 35.1. The van der Waals surface area contributed by atoms with Gasteiger partial charge in [0.1, 0.15) is 35.6 Å². The lowest BCUT2D eigenvalue weighted by Crippen LogP contribution is -2.56. The van der Waals surface area contributed by atoms with Crippen LogP contribution in [0.4, 0.5) is 11.4 Å². The van der Waals surface area contributed by atoms with Crippen molar-refractivity contribution in [1.82, 2.24) is 0 Å². The number of aliphatic hydroxyl groups is 1. The van der Waals surface area contributed by atoms with Crippen molar-refractivity contribution in [3.05, 3.63) is 112 Å². The van der Waals surface area contributed by atoms with Gasteiger partial charge in [0, 0.05) is 27.9 Å². The molecule has 0 radical (unpaired) electrons. The Hall–Kier alpha value is -4.57. The Morgan fingerprint density at radius 1 is 0.816 bits per heavy atom. The van der Waals surface area contributed by atoms with E-state index >= 15 is 0 Å². The molecule has 49 heavy (non-hydrogen) atoms. The van der Waals surface area contributed by atoms with Gasteiger partial charge in [-0.15, -0.1) is 0 Å². The minimum Gasteiger partial charge on any atom is -0.492 e. The number of carbonyl (C=O) groups excluding carboxylic acids is 3. The lowest BCUT2D eigenvalue weighted by molar-refractivity contribution is -0.150. The molecule has 9 nitrogen and oxygen atoms in total. The maximum atomic E-state index is 14.2. The molecule has 3 N–H and O–H groups in total. The van der Waals surface area contributed by atoms with E-state index in [0.29, 0.717) is 57.4 Å². The predicted molar refractivity (Wildman–Crippen MR) is 190 cm³/mol. The first-order chi connectivity index (χ1) is 23.5. The first-order valence-electron chi connectivity index (χ1n) is 16.0. The fourth-order valence-electron chi connectivity index (χ4n) is 6.20. The van der Waals surface area contributed by atoms with Crippen LogP contribution in [-0.2, 0) is 21.0 Å². The molecule has 0 spiro atoms. The molecule has 1 fully saturated rings. The Morgan fingerprint density at radius 2 is 1.39 bits per heavy atom. The third kappa shape index (κ3) is 8.36. The lowest BCUT2D eigenvalue weighted by atomic mass is 9.61. The molecule has 256 valence electrons. The third-order valence-corrected chi connectivity index (χ3v) is 8.98. The summed E-state index contributed by atoms with van der Waals surface area (Å²) >= 11 is 12.3. The van der Waals surface area contributed by atoms with Crippen LogP contribution in [-0.4, -0.2) is 41.5 Å². The number of rotatable bonds is 12. The summed E-state index contributed by atoms with van der Waals surface area (Å²) in [6, 6.07) is 25.7. The van der Waals surface area contributed by atoms with Crippen molar-refractivity contribution >= 4 is 52.2 Å². The fraction of sp³-hybridized carbons (Fsp3) is 0.289. The standard InChI is InChI=1S/C38H38Cl2N2O7/c1-4-47-31-12-8-6-10-28(31)41-36(44)34-30(43)21-38(3,46)35(37(45)42-29-11-7-9-13-32(29)48-5-2)33(34)23-15-18-26(19-16-23)49-22-24-14-17-25(39)20-27(24)40/h6-20,33-35,46H,4-5,21-22H2,1-3H3,(H,41,44)(H,42,45). The number of carbonyl (C=O) groups is 3. The number of Topliss-reactive ketones (excluding diaryl/α,β-unsaturated/α-hetero) is 1. The highest BCUT2D eigenvalue weighted by molar-refractivity contribution is 6.35. The number of ketones is 1. The van der Waals surface area contributed by atoms with Crippen LogP contribution in [0.1, 0.15) is 44.2 Å². The number of nitrogens with one attached hydrogen (secondary N) is 2. The molecule has 2 amide bonds. The number of benzene rings is 4. The summed E-state index contributed by atoms with van der Waals surface area (Å²) in [5, 5.41) is 18.5. The first kappa shape index (κ1) is 35.7. The summed E-state index contributed by atoms with van der Waals surface area (Å²) in [6.07, 6.45) is -0.414. The topological polar surface area (TPSA) is 123 Å². The van der Waals surface area contributed by atoms with E-state index in [4.69, 9.17) is 37.4 Å². The number of hydrogen-bond acceptors (Lipinski definition) is 7. The van der Waals surface area contributed by atoms with Gasteiger partial charge in [-0.05, 0) is 74.9 Å². The maximum Gasteiger partial charge on any atom is 0.235 e. The van der Waals surface area contributed by atoms with Crippen molar-refractivity contribution < 1.29 is 33.7 Å². The quantitative estimate of drug-likeness (QED) is 0.129. The van der Waals surface area contributed by atoms with Gasteiger partial charge in [0.25, 0.3) is 0 Å². The smallest absolute Gasteiger partial charge is 0.235 e. The monoisotopic (exact) mass is 704 g/mol. The van der Waals surface area contributed by atoms with E-state index in [-0.39, 0.29) is 6.61 Å². The highest BCUT2D eigenvalue weighted by Crippen LogP contribution is 2.47. The Kier molecular flexibility index (Phi) is 11.5. The molecule has 4 atom stereocenters. The molecule has 1 aliphatic rings. The van der Waals surface area contributed by atoms with Crippen molar-refractivity contribution in [1.29, 1.82) is 0 Å². The first-order valence-corrected chi connectivity index (χ1v) is 16.7. The van der Waals surface area contributed by atoms with E-state index in [9.17, 15) is 19.5 Å². The van der Waals surface area contributed by atoms with Gasteiger partial charge in [0.15, 0.2) is 0 Å². The Bertz CT molecular complexity index is 1810. The van der Waals surface area contributed by atoms with Gasteiger partial charge in [-0.25, -0.2) is 0 Å². The van der Waals surface area contributed by atoms with Crippen LogP contribution in [0, 0.1) is 11.8 Å². The second-order valence-corrected chi connectivity index (χ2v) is 12.8. The van der Waals surface area contributed by atoms with Crippen molar-refractivity contribution in [2.45, 2.75) is 45.3 Å². The van der Waals surface area contributed by atoms with Gasteiger partial charge in [-0.2, -0.15) is 0 Å². The van der Waals surface area contributed by atoms with E-state index in [1.165, 1.54) is 6.92 Å². The lowest BCUT2D eigenvalue weighted by Gasteiger charge is -2.44. The fourth-order valence-corrected chi connectivity index (χ4v) is 6.66. The number of amides is 2. The molecule has 4 aromatic rings. The molecule has 1 saturated carbocycles. The summed E-state index contributed by atoms with van der Waals surface area (Å²) in [6.45, 7) is 6.01. The van der Waals surface area contributed by atoms with Gasteiger partial charge in [0.05, 0.1) is 36.1 Å². The molecule has 4 unspecified atom stereocenters. The molecule has 0 aromatic heterocycles. The predicted octanol–water partition coefficient (Wildman–Crippen LogP) is 7.69. The summed E-state index contributed by atoms with van der Waals surface area (Å²) < 4.78 is 17.4. The summed E-state index contributed by atoms with van der Waals surface area (Å²) in [5.74, 6) is -3.93. The average Bonchev–Trinajstić information content (AvgIpc) is 3.06. The normalized spacial score (nSPS) is 20.3. The molecule has 0 bridgehead atoms. The van der Waals surface area contributed by atoms with Crippen LogP contribution < -0.4 is 24.8 Å². The Labute approximate surface area is 295 Å². The van der Waals surface area contributed by atoms with Gasteiger partial charge >= 0.3 is 0 Å². The molecule has 11 heteroatoms. The van der Waals surface area contributed by atoms with E-state index in [2.05, 4.69) is 10.6 Å². The largest absolute Gasteiger partial charge is 0.492 e. The number of anilines is 2. The van der Waals surface area contributed by atoms with E-state index in [1.54, 1.807) is 91.0 Å². The zero-order valence-electron chi connectivity index (χ0n) is 27.4. The molecule has 0 aliphatic heterocycles. The van der Waals surface area contributed by atoms with E-state index < -0.39 is 47.4 Å². The second kappa shape index (κ2) is 15.8. The SMILES string of the molecule is CCOc1ccccc1NC(=O)C1C(=O)CC(C)(O)C(C(=O)Nc2ccccc2OCC)C1c1ccc(OCc2ccc(Cl)cc2Cl)cc1. The van der Waals surface area contributed by atoms with Crippen LogP contribution in [0.2, 0.25) is 10.0 Å². The van der Waals surface area contributed by atoms with Crippen molar-refractivity contribution in [3.63, 3.8) is 0 Å². The highest BCUT2D eigenvalue weighted by atomic mass is 35.5. The van der Waals surface area contributed by atoms with Crippen molar-refractivity contribution in [3.8, 4) is 17.2 Å². The molecule has 5 rings (SSSR count). The number of para-hydroxylation sites is 4. The number of ether oxygens (including phenoxy) is 3. The van der Waals surface area contributed by atoms with Crippen molar-refractivity contribution in [2.75, 3.05) is 23.8 Å². The van der Waals surface area contributed by atoms with Crippen LogP contribution >= 0.6 is 23.2 Å². The Morgan fingerprint density at radius 3 is 1.96 bits per heavy atom. The molecule has 0 heterocycles. The Balaban J connectivity index is 1.51. The average molecular weight is 706 g/mol. The summed E-state index contributed by atoms with van der Waals surface area (Å²) in [7, 11) is 0. The third-order valence-electron chi connectivity index (χ3n) is 8.40. The molecule has 1 aliphatic carbocycles. The summed E-state index contributed by atoms with van der Waals surface area (Å²) in [5.41, 5.74) is 0.206. The van der Waals surface area contributed by atoms with Crippen LogP contribution in [0.25, 0.3) is 0 Å². The second-order valence-electron chi connectivity index (χ2n) is 11.9. The van der Waals surface area contributed by atoms with Gasteiger partial charge in [-0.1, -0.05) is 65.7 Å². The number of hydrogen-bond donors (Lipinski definition) is 3. The minimum absolute atomic E-state index is 0.167. The molecular weight excluding hydrogens is 667 g/mol.